The summed E-state index contributed by atoms with van der Waals surface area (Å²) in [4.78, 5) is 2.61. The Balaban J connectivity index is 0.000000531. The van der Waals surface area contributed by atoms with Gasteiger partial charge >= 0.3 is 0 Å². The normalized spacial score (nSPS) is 25.4. The van der Waals surface area contributed by atoms with Crippen LogP contribution in [0, 0.1) is 5.41 Å². The van der Waals surface area contributed by atoms with Gasteiger partial charge in [0.1, 0.15) is 0 Å². The van der Waals surface area contributed by atoms with Crippen molar-refractivity contribution >= 4 is 0 Å². The van der Waals surface area contributed by atoms with Gasteiger partial charge in [0.2, 0.25) is 0 Å². The quantitative estimate of drug-likeness (QED) is 0.718. The maximum atomic E-state index is 3.51. The van der Waals surface area contributed by atoms with E-state index >= 15 is 0 Å². The van der Waals surface area contributed by atoms with Gasteiger partial charge in [0.15, 0.2) is 0 Å². The molecule has 1 N–H and O–H groups in total. The predicted molar refractivity (Wildman–Crippen MR) is 67.2 cm³/mol. The lowest BCUT2D eigenvalue weighted by molar-refractivity contribution is 0.0958. The number of piperidine rings is 1. The van der Waals surface area contributed by atoms with Crippen LogP contribution in [0.4, 0.5) is 0 Å². The van der Waals surface area contributed by atoms with E-state index in [4.69, 9.17) is 0 Å². The minimum atomic E-state index is 0.686. The summed E-state index contributed by atoms with van der Waals surface area (Å²) in [7, 11) is 0. The maximum Gasteiger partial charge on any atom is 0.00385 e. The van der Waals surface area contributed by atoms with Gasteiger partial charge in [0.05, 0.1) is 0 Å². The first kappa shape index (κ1) is 13.0. The molecular weight excluding hydrogens is 184 g/mol. The smallest absolute Gasteiger partial charge is 0.00385 e. The molecule has 1 spiro atoms. The molecule has 0 aromatic carbocycles. The van der Waals surface area contributed by atoms with Crippen molar-refractivity contribution in [3.8, 4) is 0 Å². The van der Waals surface area contributed by atoms with E-state index in [1.807, 2.05) is 13.8 Å². The predicted octanol–water partition coefficient (Wildman–Crippen LogP) is 2.50. The molecule has 0 aromatic heterocycles. The highest BCUT2D eigenvalue weighted by molar-refractivity contribution is 4.92. The molecule has 2 aliphatic heterocycles. The van der Waals surface area contributed by atoms with E-state index in [9.17, 15) is 0 Å². The Hall–Kier alpha value is -0.0800. The summed E-state index contributed by atoms with van der Waals surface area (Å²) in [6, 6.07) is 0.742. The van der Waals surface area contributed by atoms with Crippen LogP contribution in [0.2, 0.25) is 0 Å². The number of nitrogens with zero attached hydrogens (tertiary/aromatic N) is 1. The van der Waals surface area contributed by atoms with Gasteiger partial charge in [-0.3, -0.25) is 0 Å². The Kier molecular flexibility index (Phi) is 5.07. The van der Waals surface area contributed by atoms with Gasteiger partial charge in [-0.2, -0.15) is 0 Å². The third-order valence-corrected chi connectivity index (χ3v) is 3.92. The molecule has 2 aliphatic rings. The van der Waals surface area contributed by atoms with Gasteiger partial charge in [0.25, 0.3) is 0 Å². The van der Waals surface area contributed by atoms with Crippen LogP contribution < -0.4 is 5.32 Å². The van der Waals surface area contributed by atoms with Gasteiger partial charge in [-0.1, -0.05) is 13.8 Å². The number of rotatable bonds is 1. The van der Waals surface area contributed by atoms with Gasteiger partial charge in [-0.05, 0) is 58.2 Å². The number of nitrogens with one attached hydrogen (secondary N) is 1. The molecule has 2 heteroatoms. The Labute approximate surface area is 95.4 Å². The fraction of sp³-hybridized carbons (Fsp3) is 1.00. The van der Waals surface area contributed by atoms with E-state index < -0.39 is 0 Å². The van der Waals surface area contributed by atoms with E-state index in [-0.39, 0.29) is 0 Å². The SMILES string of the molecule is CC.CC(C)N1CCC2(CCNC2)CC1. The van der Waals surface area contributed by atoms with Gasteiger partial charge < -0.3 is 10.2 Å². The molecule has 0 unspecified atom stereocenters. The van der Waals surface area contributed by atoms with Crippen molar-refractivity contribution < 1.29 is 0 Å². The Bertz CT molecular complexity index is 161. The Morgan fingerprint density at radius 2 is 1.67 bits per heavy atom. The lowest BCUT2D eigenvalue weighted by Gasteiger charge is -2.40. The Morgan fingerprint density at radius 3 is 2.07 bits per heavy atom. The molecule has 0 radical (unpaired) electrons. The van der Waals surface area contributed by atoms with Crippen LogP contribution in [0.25, 0.3) is 0 Å². The van der Waals surface area contributed by atoms with Crippen molar-refractivity contribution in [1.82, 2.24) is 10.2 Å². The first-order valence-electron chi connectivity index (χ1n) is 6.67. The summed E-state index contributed by atoms with van der Waals surface area (Å²) < 4.78 is 0. The third-order valence-electron chi connectivity index (χ3n) is 3.92. The molecule has 2 heterocycles. The van der Waals surface area contributed by atoms with E-state index in [1.54, 1.807) is 0 Å². The second-order valence-corrected chi connectivity index (χ2v) is 5.06. The molecule has 90 valence electrons. The standard InChI is InChI=1S/C11H22N2.C2H6/c1-10(2)13-7-4-11(5-8-13)3-6-12-9-11;1-2/h10,12H,3-9H2,1-2H3;1-2H3. The highest BCUT2D eigenvalue weighted by Crippen LogP contribution is 2.37. The van der Waals surface area contributed by atoms with E-state index in [1.165, 1.54) is 45.4 Å². The molecule has 2 saturated heterocycles. The molecule has 0 bridgehead atoms. The molecule has 2 nitrogen and oxygen atoms in total. The van der Waals surface area contributed by atoms with Crippen LogP contribution in [-0.2, 0) is 0 Å². The number of likely N-dealkylation sites (tertiary alicyclic amines) is 1. The summed E-state index contributed by atoms with van der Waals surface area (Å²) in [5.41, 5.74) is 0.686. The second kappa shape index (κ2) is 5.86. The van der Waals surface area contributed by atoms with Crippen molar-refractivity contribution in [2.24, 2.45) is 5.41 Å². The number of hydrogen-bond donors (Lipinski definition) is 1. The van der Waals surface area contributed by atoms with Gasteiger partial charge in [0, 0.05) is 12.6 Å². The van der Waals surface area contributed by atoms with Crippen molar-refractivity contribution in [2.75, 3.05) is 26.2 Å². The van der Waals surface area contributed by atoms with Crippen LogP contribution in [0.1, 0.15) is 47.0 Å². The molecular formula is C13H28N2. The van der Waals surface area contributed by atoms with Crippen molar-refractivity contribution in [3.05, 3.63) is 0 Å². The minimum absolute atomic E-state index is 0.686. The highest BCUT2D eigenvalue weighted by atomic mass is 15.2. The van der Waals surface area contributed by atoms with Crippen molar-refractivity contribution in [2.45, 2.75) is 53.0 Å². The average Bonchev–Trinajstić information content (AvgIpc) is 2.70. The first-order chi connectivity index (χ1) is 7.22. The zero-order valence-electron chi connectivity index (χ0n) is 11.0. The van der Waals surface area contributed by atoms with E-state index in [0.717, 1.165) is 6.04 Å². The van der Waals surface area contributed by atoms with Crippen LogP contribution >= 0.6 is 0 Å². The molecule has 0 aliphatic carbocycles. The average molecular weight is 212 g/mol. The van der Waals surface area contributed by atoms with Crippen LogP contribution in [0.15, 0.2) is 0 Å². The fourth-order valence-corrected chi connectivity index (χ4v) is 2.74. The Morgan fingerprint density at radius 1 is 1.07 bits per heavy atom. The third kappa shape index (κ3) is 3.18. The molecule has 0 amide bonds. The fourth-order valence-electron chi connectivity index (χ4n) is 2.74. The van der Waals surface area contributed by atoms with Crippen LogP contribution in [-0.4, -0.2) is 37.1 Å². The lowest BCUT2D eigenvalue weighted by Crippen LogP contribution is -2.44. The van der Waals surface area contributed by atoms with Crippen LogP contribution in [0.5, 0.6) is 0 Å². The molecule has 0 saturated carbocycles. The van der Waals surface area contributed by atoms with Gasteiger partial charge in [-0.15, -0.1) is 0 Å². The molecule has 2 rings (SSSR count). The highest BCUT2D eigenvalue weighted by Gasteiger charge is 2.37. The summed E-state index contributed by atoms with van der Waals surface area (Å²) >= 11 is 0. The summed E-state index contributed by atoms with van der Waals surface area (Å²) in [5.74, 6) is 0. The summed E-state index contributed by atoms with van der Waals surface area (Å²) in [5, 5.41) is 3.51. The summed E-state index contributed by atoms with van der Waals surface area (Å²) in [6.07, 6.45) is 4.25. The van der Waals surface area contributed by atoms with E-state index in [0.29, 0.717) is 5.41 Å². The molecule has 2 fully saturated rings. The largest absolute Gasteiger partial charge is 0.316 e. The zero-order valence-corrected chi connectivity index (χ0v) is 11.0. The first-order valence-corrected chi connectivity index (χ1v) is 6.67. The molecule has 0 atom stereocenters. The molecule has 0 aromatic rings. The van der Waals surface area contributed by atoms with Crippen molar-refractivity contribution in [1.29, 1.82) is 0 Å². The topological polar surface area (TPSA) is 15.3 Å². The van der Waals surface area contributed by atoms with Gasteiger partial charge in [-0.25, -0.2) is 0 Å². The lowest BCUT2D eigenvalue weighted by atomic mass is 9.77. The van der Waals surface area contributed by atoms with Crippen LogP contribution in [0.3, 0.4) is 0 Å². The summed E-state index contributed by atoms with van der Waals surface area (Å²) in [6.45, 7) is 13.8. The molecule has 15 heavy (non-hydrogen) atoms. The van der Waals surface area contributed by atoms with E-state index in [2.05, 4.69) is 24.1 Å². The monoisotopic (exact) mass is 212 g/mol. The van der Waals surface area contributed by atoms with Crippen molar-refractivity contribution in [3.63, 3.8) is 0 Å². The number of hydrogen-bond acceptors (Lipinski definition) is 2. The maximum absolute atomic E-state index is 3.51. The second-order valence-electron chi connectivity index (χ2n) is 5.06. The zero-order chi connectivity index (χ0) is 11.3. The minimum Gasteiger partial charge on any atom is -0.316 e.